The summed E-state index contributed by atoms with van der Waals surface area (Å²) in [5.41, 5.74) is 5.15. The van der Waals surface area contributed by atoms with E-state index in [1.807, 2.05) is 0 Å². The zero-order valence-electron chi connectivity index (χ0n) is 9.94. The molecule has 0 amide bonds. The second-order valence-corrected chi connectivity index (χ2v) is 3.49. The van der Waals surface area contributed by atoms with Gasteiger partial charge in [-0.05, 0) is 6.07 Å². The molecule has 0 aromatic heterocycles. The van der Waals surface area contributed by atoms with Crippen LogP contribution in [0, 0.1) is 5.82 Å². The Morgan fingerprint density at radius 2 is 2.11 bits per heavy atom. The first-order valence-corrected chi connectivity index (χ1v) is 5.04. The van der Waals surface area contributed by atoms with Gasteiger partial charge >= 0.3 is 5.97 Å². The number of phenols is 1. The summed E-state index contributed by atoms with van der Waals surface area (Å²) in [4.78, 5) is 11.0. The molecule has 18 heavy (non-hydrogen) atoms. The number of hydrogen-bond donors (Lipinski definition) is 3. The molecule has 1 aromatic carbocycles. The van der Waals surface area contributed by atoms with Crippen molar-refractivity contribution in [2.45, 2.75) is 5.92 Å². The van der Waals surface area contributed by atoms with Gasteiger partial charge in [0.2, 0.25) is 11.6 Å². The lowest BCUT2D eigenvalue weighted by molar-refractivity contribution is -0.138. The lowest BCUT2D eigenvalue weighted by Gasteiger charge is -2.16. The maximum atomic E-state index is 13.8. The lowest BCUT2D eigenvalue weighted by Crippen LogP contribution is -2.21. The molecule has 4 N–H and O–H groups in total. The number of methoxy groups -OCH3 is 2. The second-order valence-electron chi connectivity index (χ2n) is 3.49. The zero-order valence-corrected chi connectivity index (χ0v) is 9.94. The van der Waals surface area contributed by atoms with Gasteiger partial charge in [-0.15, -0.1) is 0 Å². The molecule has 0 saturated carbocycles. The number of ether oxygens (including phenoxy) is 2. The molecule has 0 aliphatic rings. The van der Waals surface area contributed by atoms with E-state index in [1.165, 1.54) is 20.3 Å². The molecule has 0 saturated heterocycles. The highest BCUT2D eigenvalue weighted by atomic mass is 19.1. The Bertz CT molecular complexity index is 463. The summed E-state index contributed by atoms with van der Waals surface area (Å²) in [6.45, 7) is -0.280. The van der Waals surface area contributed by atoms with Crippen molar-refractivity contribution in [2.24, 2.45) is 5.73 Å². The Hall–Kier alpha value is -2.02. The highest BCUT2D eigenvalue weighted by Crippen LogP contribution is 2.40. The molecule has 0 fully saturated rings. The third-order valence-electron chi connectivity index (χ3n) is 2.52. The van der Waals surface area contributed by atoms with Crippen molar-refractivity contribution in [1.82, 2.24) is 0 Å². The van der Waals surface area contributed by atoms with Crippen molar-refractivity contribution in [3.8, 4) is 17.2 Å². The van der Waals surface area contributed by atoms with Crippen molar-refractivity contribution in [3.05, 3.63) is 17.4 Å². The van der Waals surface area contributed by atoms with Crippen LogP contribution in [0.25, 0.3) is 0 Å². The number of rotatable bonds is 5. The number of nitrogens with two attached hydrogens (primary N) is 1. The molecule has 1 aromatic rings. The predicted octanol–water partition coefficient (Wildman–Crippen LogP) is 0.675. The van der Waals surface area contributed by atoms with E-state index >= 15 is 0 Å². The Balaban J connectivity index is 3.46. The van der Waals surface area contributed by atoms with Crippen LogP contribution in [0.15, 0.2) is 6.07 Å². The Labute approximate surface area is 103 Å². The number of carbonyl (C=O) groups is 1. The fourth-order valence-corrected chi connectivity index (χ4v) is 1.59. The summed E-state index contributed by atoms with van der Waals surface area (Å²) >= 11 is 0. The molecule has 1 rings (SSSR count). The quantitative estimate of drug-likeness (QED) is 0.718. The van der Waals surface area contributed by atoms with Crippen LogP contribution in [-0.2, 0) is 4.79 Å². The second kappa shape index (κ2) is 5.54. The SMILES string of the molecule is COc1cc(C(CN)C(=O)O)c(O)c(F)c1OC. The molecule has 1 atom stereocenters. The number of phenolic OH excluding ortho intramolecular Hbond substituents is 1. The lowest BCUT2D eigenvalue weighted by atomic mass is 9.97. The Morgan fingerprint density at radius 1 is 1.50 bits per heavy atom. The van der Waals surface area contributed by atoms with Gasteiger partial charge in [-0.2, -0.15) is 4.39 Å². The molecule has 6 nitrogen and oxygen atoms in total. The number of aromatic hydroxyl groups is 1. The third kappa shape index (κ3) is 2.30. The van der Waals surface area contributed by atoms with E-state index in [1.54, 1.807) is 0 Å². The van der Waals surface area contributed by atoms with Crippen LogP contribution in [0.1, 0.15) is 11.5 Å². The molecule has 0 heterocycles. The Morgan fingerprint density at radius 3 is 2.50 bits per heavy atom. The molecule has 0 aliphatic heterocycles. The minimum atomic E-state index is -1.26. The number of hydrogen-bond acceptors (Lipinski definition) is 5. The molecule has 0 spiro atoms. The minimum Gasteiger partial charge on any atom is -0.505 e. The van der Waals surface area contributed by atoms with Crippen LogP contribution >= 0.6 is 0 Å². The third-order valence-corrected chi connectivity index (χ3v) is 2.52. The van der Waals surface area contributed by atoms with Gasteiger partial charge in [0.25, 0.3) is 0 Å². The maximum Gasteiger partial charge on any atom is 0.312 e. The van der Waals surface area contributed by atoms with Gasteiger partial charge in [0.15, 0.2) is 11.5 Å². The van der Waals surface area contributed by atoms with E-state index in [4.69, 9.17) is 20.3 Å². The van der Waals surface area contributed by atoms with E-state index in [9.17, 15) is 14.3 Å². The van der Waals surface area contributed by atoms with E-state index in [0.29, 0.717) is 0 Å². The number of aliphatic carboxylic acids is 1. The number of carboxylic acids is 1. The van der Waals surface area contributed by atoms with Crippen LogP contribution in [0.5, 0.6) is 17.2 Å². The monoisotopic (exact) mass is 259 g/mol. The van der Waals surface area contributed by atoms with Crippen molar-refractivity contribution in [2.75, 3.05) is 20.8 Å². The molecular formula is C11H14FNO5. The first kappa shape index (κ1) is 14.0. The summed E-state index contributed by atoms with van der Waals surface area (Å²) in [7, 11) is 2.48. The van der Waals surface area contributed by atoms with Gasteiger partial charge in [-0.1, -0.05) is 0 Å². The van der Waals surface area contributed by atoms with Crippen molar-refractivity contribution >= 4 is 5.97 Å². The molecule has 0 bridgehead atoms. The van der Waals surface area contributed by atoms with Gasteiger partial charge in [0.05, 0.1) is 20.1 Å². The fraction of sp³-hybridized carbons (Fsp3) is 0.364. The average molecular weight is 259 g/mol. The topological polar surface area (TPSA) is 102 Å². The summed E-state index contributed by atoms with van der Waals surface area (Å²) in [6, 6.07) is 1.20. The van der Waals surface area contributed by atoms with Crippen LogP contribution in [0.2, 0.25) is 0 Å². The molecule has 7 heteroatoms. The summed E-state index contributed by atoms with van der Waals surface area (Å²) < 4.78 is 23.4. The van der Waals surface area contributed by atoms with E-state index in [0.717, 1.165) is 0 Å². The van der Waals surface area contributed by atoms with Crippen LogP contribution in [-0.4, -0.2) is 36.9 Å². The standard InChI is InChI=1S/C11H14FNO5/c1-17-7-3-5(6(4-13)11(15)16)9(14)8(12)10(7)18-2/h3,6,14H,4,13H2,1-2H3,(H,15,16). The van der Waals surface area contributed by atoms with Gasteiger partial charge in [0.1, 0.15) is 0 Å². The Kier molecular flexibility index (Phi) is 4.33. The van der Waals surface area contributed by atoms with Crippen molar-refractivity contribution in [3.63, 3.8) is 0 Å². The average Bonchev–Trinajstić information content (AvgIpc) is 2.34. The fourth-order valence-electron chi connectivity index (χ4n) is 1.59. The zero-order chi connectivity index (χ0) is 13.9. The first-order valence-electron chi connectivity index (χ1n) is 5.04. The largest absolute Gasteiger partial charge is 0.505 e. The van der Waals surface area contributed by atoms with E-state index in [2.05, 4.69) is 0 Å². The first-order chi connectivity index (χ1) is 8.47. The van der Waals surface area contributed by atoms with Crippen LogP contribution < -0.4 is 15.2 Å². The summed E-state index contributed by atoms with van der Waals surface area (Å²) in [5, 5.41) is 18.6. The van der Waals surface area contributed by atoms with Crippen molar-refractivity contribution < 1.29 is 28.9 Å². The predicted molar refractivity (Wildman–Crippen MR) is 60.6 cm³/mol. The molecule has 1 unspecified atom stereocenters. The van der Waals surface area contributed by atoms with E-state index < -0.39 is 23.5 Å². The molecular weight excluding hydrogens is 245 g/mol. The molecule has 0 radical (unpaired) electrons. The van der Waals surface area contributed by atoms with E-state index in [-0.39, 0.29) is 23.6 Å². The molecule has 0 aliphatic carbocycles. The number of halogens is 1. The maximum absolute atomic E-state index is 13.8. The smallest absolute Gasteiger partial charge is 0.312 e. The number of carboxylic acid groups (broad SMARTS) is 1. The molecule has 100 valence electrons. The summed E-state index contributed by atoms with van der Waals surface area (Å²) in [5.74, 6) is -4.67. The normalized spacial score (nSPS) is 12.0. The van der Waals surface area contributed by atoms with Gasteiger partial charge in [-0.3, -0.25) is 4.79 Å². The highest BCUT2D eigenvalue weighted by Gasteiger charge is 2.27. The van der Waals surface area contributed by atoms with Gasteiger partial charge in [0, 0.05) is 12.1 Å². The van der Waals surface area contributed by atoms with Gasteiger partial charge < -0.3 is 25.4 Å². The van der Waals surface area contributed by atoms with Crippen LogP contribution in [0.3, 0.4) is 0 Å². The number of benzene rings is 1. The minimum absolute atomic E-state index is 0.0116. The highest BCUT2D eigenvalue weighted by molar-refractivity contribution is 5.78. The van der Waals surface area contributed by atoms with Crippen molar-refractivity contribution in [1.29, 1.82) is 0 Å². The van der Waals surface area contributed by atoms with Crippen LogP contribution in [0.4, 0.5) is 4.39 Å². The summed E-state index contributed by atoms with van der Waals surface area (Å²) in [6.07, 6.45) is 0. The van der Waals surface area contributed by atoms with Gasteiger partial charge in [-0.25, -0.2) is 0 Å².